The summed E-state index contributed by atoms with van der Waals surface area (Å²) >= 11 is 0. The molecule has 7 heteroatoms. The molecule has 0 amide bonds. The van der Waals surface area contributed by atoms with Crippen molar-refractivity contribution in [1.82, 2.24) is 19.6 Å². The minimum absolute atomic E-state index is 0.0716. The summed E-state index contributed by atoms with van der Waals surface area (Å²) in [5, 5.41) is 12.4. The van der Waals surface area contributed by atoms with E-state index >= 15 is 0 Å². The quantitative estimate of drug-likeness (QED) is 0.724. The lowest BCUT2D eigenvalue weighted by Crippen LogP contribution is -2.13. The van der Waals surface area contributed by atoms with Crippen LogP contribution in [-0.4, -0.2) is 32.2 Å². The van der Waals surface area contributed by atoms with Crippen molar-refractivity contribution in [3.8, 4) is 6.07 Å². The van der Waals surface area contributed by atoms with Crippen LogP contribution >= 0.6 is 0 Å². The Morgan fingerprint density at radius 3 is 3.06 bits per heavy atom. The lowest BCUT2D eigenvalue weighted by atomic mass is 10.1. The first-order valence-electron chi connectivity index (χ1n) is 5.32. The number of aryl methyl sites for hydroxylation is 2. The number of fused-ring (bicyclic) bond motifs is 1. The van der Waals surface area contributed by atoms with Crippen molar-refractivity contribution in [3.05, 3.63) is 23.3 Å². The van der Waals surface area contributed by atoms with Crippen molar-refractivity contribution < 1.29 is 9.53 Å². The Labute approximate surface area is 103 Å². The van der Waals surface area contributed by atoms with Crippen LogP contribution in [0.5, 0.6) is 0 Å². The number of nitriles is 1. The summed E-state index contributed by atoms with van der Waals surface area (Å²) in [5.41, 5.74) is 2.25. The highest BCUT2D eigenvalue weighted by molar-refractivity contribution is 5.73. The number of rotatable bonds is 3. The Hall–Kier alpha value is -2.49. The Kier molecular flexibility index (Phi) is 3.19. The fraction of sp³-hybridized carbons (Fsp3) is 0.364. The molecule has 2 heterocycles. The number of nitrogens with zero attached hydrogens (tertiary/aromatic N) is 5. The molecule has 0 bridgehead atoms. The Morgan fingerprint density at radius 2 is 2.33 bits per heavy atom. The van der Waals surface area contributed by atoms with Gasteiger partial charge in [0.15, 0.2) is 6.61 Å². The standard InChI is InChI=1S/C11H11N5O2/c1-7-9(5-10(17)18-4-3-12)8(2)16-11(15-7)13-6-14-16/h6H,4-5H2,1-2H3. The van der Waals surface area contributed by atoms with E-state index < -0.39 is 5.97 Å². The van der Waals surface area contributed by atoms with Crippen LogP contribution in [0.3, 0.4) is 0 Å². The van der Waals surface area contributed by atoms with Gasteiger partial charge < -0.3 is 4.74 Å². The first-order chi connectivity index (χ1) is 8.63. The van der Waals surface area contributed by atoms with Crippen LogP contribution in [0, 0.1) is 25.2 Å². The van der Waals surface area contributed by atoms with Crippen LogP contribution < -0.4 is 0 Å². The molecule has 18 heavy (non-hydrogen) atoms. The van der Waals surface area contributed by atoms with E-state index in [9.17, 15) is 4.79 Å². The lowest BCUT2D eigenvalue weighted by Gasteiger charge is -2.09. The molecule has 0 aliphatic carbocycles. The number of aromatic nitrogens is 4. The van der Waals surface area contributed by atoms with Gasteiger partial charge in [0.25, 0.3) is 5.78 Å². The maximum absolute atomic E-state index is 11.5. The molecular formula is C11H11N5O2. The van der Waals surface area contributed by atoms with Gasteiger partial charge in [0, 0.05) is 17.0 Å². The van der Waals surface area contributed by atoms with Crippen LogP contribution in [0.1, 0.15) is 17.0 Å². The molecule has 0 saturated carbocycles. The molecule has 2 aromatic rings. The molecule has 0 aliphatic heterocycles. The van der Waals surface area contributed by atoms with Crippen molar-refractivity contribution in [2.75, 3.05) is 6.61 Å². The second-order valence-electron chi connectivity index (χ2n) is 3.73. The van der Waals surface area contributed by atoms with Gasteiger partial charge in [-0.2, -0.15) is 15.3 Å². The first kappa shape index (κ1) is 12.0. The third-order valence-electron chi connectivity index (χ3n) is 2.61. The molecule has 0 spiro atoms. The van der Waals surface area contributed by atoms with E-state index in [4.69, 9.17) is 10.00 Å². The van der Waals surface area contributed by atoms with Crippen LogP contribution in [0.4, 0.5) is 0 Å². The largest absolute Gasteiger partial charge is 0.450 e. The summed E-state index contributed by atoms with van der Waals surface area (Å²) < 4.78 is 6.29. The number of hydrogen-bond acceptors (Lipinski definition) is 6. The number of hydrogen-bond donors (Lipinski definition) is 0. The van der Waals surface area contributed by atoms with E-state index in [2.05, 4.69) is 15.1 Å². The van der Waals surface area contributed by atoms with Gasteiger partial charge in [-0.15, -0.1) is 0 Å². The monoisotopic (exact) mass is 245 g/mol. The lowest BCUT2D eigenvalue weighted by molar-refractivity contribution is -0.141. The van der Waals surface area contributed by atoms with E-state index in [1.807, 2.05) is 6.92 Å². The predicted octanol–water partition coefficient (Wildman–Crippen LogP) is 0.350. The van der Waals surface area contributed by atoms with Gasteiger partial charge in [0.2, 0.25) is 0 Å². The van der Waals surface area contributed by atoms with Crippen molar-refractivity contribution in [2.24, 2.45) is 0 Å². The Balaban J connectivity index is 2.33. The fourth-order valence-electron chi connectivity index (χ4n) is 1.72. The van der Waals surface area contributed by atoms with E-state index in [0.29, 0.717) is 11.5 Å². The minimum atomic E-state index is -0.455. The van der Waals surface area contributed by atoms with E-state index in [-0.39, 0.29) is 13.0 Å². The van der Waals surface area contributed by atoms with Crippen molar-refractivity contribution >= 4 is 11.7 Å². The third kappa shape index (κ3) is 2.13. The Bertz CT molecular complexity index is 641. The minimum Gasteiger partial charge on any atom is -0.450 e. The van der Waals surface area contributed by atoms with Crippen LogP contribution in [0.15, 0.2) is 6.33 Å². The third-order valence-corrected chi connectivity index (χ3v) is 2.61. The SMILES string of the molecule is Cc1nc2ncnn2c(C)c1CC(=O)OCC#N. The highest BCUT2D eigenvalue weighted by Gasteiger charge is 2.14. The molecule has 0 radical (unpaired) electrons. The number of carbonyl (C=O) groups is 1. The molecule has 7 nitrogen and oxygen atoms in total. The van der Waals surface area contributed by atoms with E-state index in [1.165, 1.54) is 6.33 Å². The average Bonchev–Trinajstić information content (AvgIpc) is 2.80. The van der Waals surface area contributed by atoms with Gasteiger partial charge in [0.1, 0.15) is 12.4 Å². The van der Waals surface area contributed by atoms with Gasteiger partial charge in [-0.3, -0.25) is 4.79 Å². The van der Waals surface area contributed by atoms with Gasteiger partial charge in [-0.25, -0.2) is 9.50 Å². The van der Waals surface area contributed by atoms with Gasteiger partial charge in [0.05, 0.1) is 6.42 Å². The summed E-state index contributed by atoms with van der Waals surface area (Å²) in [7, 11) is 0. The van der Waals surface area contributed by atoms with Gasteiger partial charge >= 0.3 is 5.97 Å². The number of ether oxygens (including phenoxy) is 1. The first-order valence-corrected chi connectivity index (χ1v) is 5.32. The predicted molar refractivity (Wildman–Crippen MR) is 60.5 cm³/mol. The zero-order valence-corrected chi connectivity index (χ0v) is 10.0. The molecule has 0 aromatic carbocycles. The van der Waals surface area contributed by atoms with Crippen LogP contribution in [0.2, 0.25) is 0 Å². The zero-order chi connectivity index (χ0) is 13.1. The highest BCUT2D eigenvalue weighted by Crippen LogP contribution is 2.13. The second kappa shape index (κ2) is 4.79. The smallest absolute Gasteiger partial charge is 0.311 e. The van der Waals surface area contributed by atoms with Gasteiger partial charge in [-0.05, 0) is 13.8 Å². The fourth-order valence-corrected chi connectivity index (χ4v) is 1.72. The second-order valence-corrected chi connectivity index (χ2v) is 3.73. The molecule has 2 rings (SSSR count). The summed E-state index contributed by atoms with van der Waals surface area (Å²) in [6.45, 7) is 3.40. The molecule has 92 valence electrons. The summed E-state index contributed by atoms with van der Waals surface area (Å²) in [4.78, 5) is 19.7. The topological polar surface area (TPSA) is 93.2 Å². The van der Waals surface area contributed by atoms with Crippen LogP contribution in [-0.2, 0) is 16.0 Å². The number of carbonyl (C=O) groups excluding carboxylic acids is 1. The van der Waals surface area contributed by atoms with E-state index in [1.54, 1.807) is 17.5 Å². The normalized spacial score (nSPS) is 10.3. The van der Waals surface area contributed by atoms with Crippen molar-refractivity contribution in [2.45, 2.75) is 20.3 Å². The maximum atomic E-state index is 11.5. The molecule has 0 unspecified atom stereocenters. The van der Waals surface area contributed by atoms with Crippen molar-refractivity contribution in [1.29, 1.82) is 5.26 Å². The Morgan fingerprint density at radius 1 is 1.56 bits per heavy atom. The molecular weight excluding hydrogens is 234 g/mol. The number of esters is 1. The van der Waals surface area contributed by atoms with E-state index in [0.717, 1.165) is 11.3 Å². The average molecular weight is 245 g/mol. The maximum Gasteiger partial charge on any atom is 0.311 e. The van der Waals surface area contributed by atoms with Crippen LogP contribution in [0.25, 0.3) is 5.78 Å². The molecule has 0 atom stereocenters. The molecule has 0 saturated heterocycles. The van der Waals surface area contributed by atoms with Gasteiger partial charge in [-0.1, -0.05) is 0 Å². The summed E-state index contributed by atoms with van der Waals surface area (Å²) in [6.07, 6.45) is 1.48. The summed E-state index contributed by atoms with van der Waals surface area (Å²) in [5.74, 6) is 0.0446. The zero-order valence-electron chi connectivity index (χ0n) is 10.0. The highest BCUT2D eigenvalue weighted by atomic mass is 16.5. The summed E-state index contributed by atoms with van der Waals surface area (Å²) in [6, 6.07) is 1.75. The molecule has 2 aromatic heterocycles. The molecule has 0 N–H and O–H groups in total. The molecule has 0 fully saturated rings. The molecule has 0 aliphatic rings. The van der Waals surface area contributed by atoms with Crippen molar-refractivity contribution in [3.63, 3.8) is 0 Å².